The van der Waals surface area contributed by atoms with E-state index in [9.17, 15) is 27.6 Å². The summed E-state index contributed by atoms with van der Waals surface area (Å²) < 4.78 is 43.3. The van der Waals surface area contributed by atoms with Crippen molar-refractivity contribution in [1.29, 1.82) is 0 Å². The molecule has 0 spiro atoms. The minimum absolute atomic E-state index is 0.0654. The fraction of sp³-hybridized carbons (Fsp3) is 0.125. The Hall–Kier alpha value is -4.14. The number of nitrogens with zero attached hydrogens (tertiary/aromatic N) is 1. The maximum Gasteiger partial charge on any atom is 0.416 e. The lowest BCUT2D eigenvalue weighted by molar-refractivity contribution is -0.137. The van der Waals surface area contributed by atoms with E-state index in [1.165, 1.54) is 30.3 Å². The maximum atomic E-state index is 12.8. The van der Waals surface area contributed by atoms with Crippen molar-refractivity contribution in [3.8, 4) is 0 Å². The lowest BCUT2D eigenvalue weighted by Crippen LogP contribution is -2.29. The van der Waals surface area contributed by atoms with Crippen LogP contribution in [0.15, 0.2) is 72.8 Å². The summed E-state index contributed by atoms with van der Waals surface area (Å²) in [5, 5.41) is 2.51. The summed E-state index contributed by atoms with van der Waals surface area (Å²) in [6, 6.07) is 17.6. The predicted molar refractivity (Wildman–Crippen MR) is 112 cm³/mol. The summed E-state index contributed by atoms with van der Waals surface area (Å²) in [6.45, 7) is -0.109. The van der Waals surface area contributed by atoms with Crippen LogP contribution in [0.5, 0.6) is 0 Å². The number of halogens is 3. The molecule has 0 radical (unpaired) electrons. The molecule has 0 saturated carbocycles. The van der Waals surface area contributed by atoms with E-state index >= 15 is 0 Å². The molecule has 0 aliphatic carbocycles. The van der Waals surface area contributed by atoms with Crippen molar-refractivity contribution < 1.29 is 32.3 Å². The van der Waals surface area contributed by atoms with Crippen molar-refractivity contribution in [1.82, 2.24) is 4.90 Å². The Bertz CT molecular complexity index is 1210. The van der Waals surface area contributed by atoms with Gasteiger partial charge in [-0.05, 0) is 41.5 Å². The zero-order valence-electron chi connectivity index (χ0n) is 17.1. The molecular formula is C24H17F3N2O4. The van der Waals surface area contributed by atoms with E-state index in [4.69, 9.17) is 4.74 Å². The Morgan fingerprint density at radius 2 is 1.52 bits per heavy atom. The highest BCUT2D eigenvalue weighted by atomic mass is 19.4. The van der Waals surface area contributed by atoms with Gasteiger partial charge in [0.05, 0.1) is 23.2 Å². The van der Waals surface area contributed by atoms with Gasteiger partial charge in [-0.2, -0.15) is 13.2 Å². The number of hydrogen-bond donors (Lipinski definition) is 1. The summed E-state index contributed by atoms with van der Waals surface area (Å²) >= 11 is 0. The summed E-state index contributed by atoms with van der Waals surface area (Å²) in [5.41, 5.74) is 0.873. The summed E-state index contributed by atoms with van der Waals surface area (Å²) in [7, 11) is 0. The van der Waals surface area contributed by atoms with Crippen LogP contribution in [0, 0.1) is 0 Å². The number of hydrogen-bond acceptors (Lipinski definition) is 4. The van der Waals surface area contributed by atoms with Crippen molar-refractivity contribution in [2.75, 3.05) is 5.32 Å². The molecule has 1 aliphatic rings. The molecule has 0 saturated heterocycles. The van der Waals surface area contributed by atoms with Gasteiger partial charge in [0.2, 0.25) is 0 Å². The molecule has 1 N–H and O–H groups in total. The molecule has 3 aromatic carbocycles. The fourth-order valence-electron chi connectivity index (χ4n) is 3.37. The lowest BCUT2D eigenvalue weighted by Gasteiger charge is -2.14. The highest BCUT2D eigenvalue weighted by Crippen LogP contribution is 2.30. The topological polar surface area (TPSA) is 75.7 Å². The molecule has 3 amide bonds. The zero-order chi connectivity index (χ0) is 23.6. The number of carbonyl (C=O) groups excluding carboxylic acids is 3. The van der Waals surface area contributed by atoms with Gasteiger partial charge >= 0.3 is 12.3 Å². The van der Waals surface area contributed by atoms with Crippen molar-refractivity contribution in [2.45, 2.75) is 19.3 Å². The average Bonchev–Trinajstić information content (AvgIpc) is 3.02. The van der Waals surface area contributed by atoms with Gasteiger partial charge in [0.15, 0.2) is 0 Å². The normalized spacial score (nSPS) is 13.1. The molecule has 9 heteroatoms. The minimum Gasteiger partial charge on any atom is -0.444 e. The number of carbonyl (C=O) groups is 3. The molecule has 1 aliphatic heterocycles. The lowest BCUT2D eigenvalue weighted by atomic mass is 10.1. The monoisotopic (exact) mass is 454 g/mol. The van der Waals surface area contributed by atoms with Gasteiger partial charge in [-0.3, -0.25) is 19.8 Å². The molecule has 4 rings (SSSR count). The molecule has 33 heavy (non-hydrogen) atoms. The van der Waals surface area contributed by atoms with Gasteiger partial charge in [0.25, 0.3) is 11.8 Å². The Kier molecular flexibility index (Phi) is 5.87. The van der Waals surface area contributed by atoms with Crippen LogP contribution >= 0.6 is 0 Å². The largest absolute Gasteiger partial charge is 0.444 e. The van der Waals surface area contributed by atoms with E-state index in [1.807, 2.05) is 18.2 Å². The van der Waals surface area contributed by atoms with Crippen LogP contribution in [0.25, 0.3) is 0 Å². The number of benzene rings is 3. The van der Waals surface area contributed by atoms with E-state index in [2.05, 4.69) is 5.32 Å². The van der Waals surface area contributed by atoms with Crippen molar-refractivity contribution in [3.63, 3.8) is 0 Å². The average molecular weight is 454 g/mol. The number of fused-ring (bicyclic) bond motifs is 1. The third kappa shape index (κ3) is 4.87. The fourth-order valence-corrected chi connectivity index (χ4v) is 3.37. The second kappa shape index (κ2) is 8.78. The van der Waals surface area contributed by atoms with Crippen molar-refractivity contribution in [2.24, 2.45) is 0 Å². The summed E-state index contributed by atoms with van der Waals surface area (Å²) in [6.07, 6.45) is -5.20. The van der Waals surface area contributed by atoms with Crippen LogP contribution in [-0.4, -0.2) is 22.8 Å². The SMILES string of the molecule is O=C(Nc1ccc2c(c1)C(=O)N(Cc1ccc(C(F)(F)F)cc1)C2=O)OCc1ccccc1. The van der Waals surface area contributed by atoms with E-state index in [1.54, 1.807) is 12.1 Å². The van der Waals surface area contributed by atoms with Gasteiger partial charge in [0, 0.05) is 5.69 Å². The van der Waals surface area contributed by atoms with Crippen LogP contribution in [0.4, 0.5) is 23.7 Å². The number of imide groups is 1. The van der Waals surface area contributed by atoms with E-state index < -0.39 is 29.6 Å². The van der Waals surface area contributed by atoms with Gasteiger partial charge < -0.3 is 4.74 Å². The van der Waals surface area contributed by atoms with Gasteiger partial charge in [-0.25, -0.2) is 4.79 Å². The molecule has 0 fully saturated rings. The molecule has 0 bridgehead atoms. The zero-order valence-corrected chi connectivity index (χ0v) is 17.1. The molecule has 1 heterocycles. The number of anilines is 1. The number of alkyl halides is 3. The first-order valence-electron chi connectivity index (χ1n) is 9.86. The third-order valence-corrected chi connectivity index (χ3v) is 5.05. The number of amides is 3. The van der Waals surface area contributed by atoms with Crippen LogP contribution < -0.4 is 5.32 Å². The molecule has 0 aromatic heterocycles. The van der Waals surface area contributed by atoms with Crippen LogP contribution in [0.3, 0.4) is 0 Å². The van der Waals surface area contributed by atoms with Crippen molar-refractivity contribution >= 4 is 23.6 Å². The first-order chi connectivity index (χ1) is 15.7. The van der Waals surface area contributed by atoms with Crippen LogP contribution in [0.1, 0.15) is 37.4 Å². The second-order valence-electron chi connectivity index (χ2n) is 7.34. The quantitative estimate of drug-likeness (QED) is 0.535. The van der Waals surface area contributed by atoms with Gasteiger partial charge in [0.1, 0.15) is 6.61 Å². The first kappa shape index (κ1) is 22.1. The highest BCUT2D eigenvalue weighted by Gasteiger charge is 2.36. The molecule has 168 valence electrons. The Morgan fingerprint density at radius 1 is 0.848 bits per heavy atom. The van der Waals surface area contributed by atoms with E-state index in [0.717, 1.165) is 22.6 Å². The molecule has 6 nitrogen and oxygen atoms in total. The summed E-state index contributed by atoms with van der Waals surface area (Å²) in [5.74, 6) is -1.16. The molecule has 0 atom stereocenters. The molecular weight excluding hydrogens is 437 g/mol. The maximum absolute atomic E-state index is 12.8. The van der Waals surface area contributed by atoms with Crippen LogP contribution in [-0.2, 0) is 24.1 Å². The summed E-state index contributed by atoms with van der Waals surface area (Å²) in [4.78, 5) is 38.4. The third-order valence-electron chi connectivity index (χ3n) is 5.05. The Morgan fingerprint density at radius 3 is 2.18 bits per heavy atom. The number of rotatable bonds is 5. The van der Waals surface area contributed by atoms with Gasteiger partial charge in [-0.1, -0.05) is 42.5 Å². The van der Waals surface area contributed by atoms with E-state index in [-0.39, 0.29) is 30.0 Å². The first-order valence-corrected chi connectivity index (χ1v) is 9.86. The van der Waals surface area contributed by atoms with Gasteiger partial charge in [-0.15, -0.1) is 0 Å². The van der Waals surface area contributed by atoms with Crippen LogP contribution in [0.2, 0.25) is 0 Å². The predicted octanol–water partition coefficient (Wildman–Crippen LogP) is 5.25. The minimum atomic E-state index is -4.47. The Labute approximate surface area is 186 Å². The smallest absolute Gasteiger partial charge is 0.416 e. The molecule has 0 unspecified atom stereocenters. The van der Waals surface area contributed by atoms with E-state index in [0.29, 0.717) is 5.56 Å². The highest BCUT2D eigenvalue weighted by molar-refractivity contribution is 6.21. The standard InChI is InChI=1S/C24H17F3N2O4/c25-24(26,27)17-8-6-15(7-9-17)13-29-21(30)19-11-10-18(12-20(19)22(29)31)28-23(32)33-14-16-4-2-1-3-5-16/h1-12H,13-14H2,(H,28,32). The van der Waals surface area contributed by atoms with Crippen molar-refractivity contribution in [3.05, 3.63) is 101 Å². The number of nitrogens with one attached hydrogen (secondary N) is 1. The number of ether oxygens (including phenoxy) is 1. The second-order valence-corrected chi connectivity index (χ2v) is 7.34. The Balaban J connectivity index is 1.42. The molecule has 3 aromatic rings.